The molecule has 0 aliphatic carbocycles. The van der Waals surface area contributed by atoms with E-state index in [2.05, 4.69) is 107 Å². The van der Waals surface area contributed by atoms with Crippen LogP contribution >= 0.6 is 0 Å². The zero-order valence-electron chi connectivity index (χ0n) is 23.0. The first-order valence-electron chi connectivity index (χ1n) is 14.3. The van der Waals surface area contributed by atoms with Crippen LogP contribution in [0.4, 0.5) is 17.2 Å². The summed E-state index contributed by atoms with van der Waals surface area (Å²) in [5.74, 6) is 0.838. The Morgan fingerprint density at radius 2 is 1.40 bits per heavy atom. The SMILES string of the molecule is c1ccc(N(c2ccc3oc4ccc(-c5cccc6c5[nH]c5ccccc56)nc4c3c2)c2cccc3ccccc23)nc1. The van der Waals surface area contributed by atoms with Crippen molar-refractivity contribution < 1.29 is 4.42 Å². The quantitative estimate of drug-likeness (QED) is 0.236. The van der Waals surface area contributed by atoms with Gasteiger partial charge in [0.1, 0.15) is 16.9 Å². The fourth-order valence-electron chi connectivity index (χ4n) is 6.29. The van der Waals surface area contributed by atoms with Crippen molar-refractivity contribution >= 4 is 71.8 Å². The van der Waals surface area contributed by atoms with Crippen LogP contribution in [-0.4, -0.2) is 15.0 Å². The number of benzene rings is 5. The minimum atomic E-state index is 0.759. The summed E-state index contributed by atoms with van der Waals surface area (Å²) in [7, 11) is 0. The van der Waals surface area contributed by atoms with Gasteiger partial charge in [0.05, 0.1) is 16.9 Å². The lowest BCUT2D eigenvalue weighted by Gasteiger charge is -2.25. The number of hydrogen-bond donors (Lipinski definition) is 1. The number of anilines is 3. The van der Waals surface area contributed by atoms with Crippen molar-refractivity contribution in [3.63, 3.8) is 0 Å². The Morgan fingerprint density at radius 1 is 0.605 bits per heavy atom. The van der Waals surface area contributed by atoms with Crippen LogP contribution in [0, 0.1) is 0 Å². The summed E-state index contributed by atoms with van der Waals surface area (Å²) < 4.78 is 6.29. The lowest BCUT2D eigenvalue weighted by molar-refractivity contribution is 0.668. The van der Waals surface area contributed by atoms with Gasteiger partial charge in [0.25, 0.3) is 0 Å². The predicted molar refractivity (Wildman–Crippen MR) is 176 cm³/mol. The first-order valence-corrected chi connectivity index (χ1v) is 14.3. The maximum absolute atomic E-state index is 6.29. The molecule has 0 atom stereocenters. The third-order valence-corrected chi connectivity index (χ3v) is 8.26. The number of rotatable bonds is 4. The van der Waals surface area contributed by atoms with E-state index in [9.17, 15) is 0 Å². The summed E-state index contributed by atoms with van der Waals surface area (Å²) in [6, 6.07) is 46.0. The van der Waals surface area contributed by atoms with Gasteiger partial charge in [-0.3, -0.25) is 4.90 Å². The van der Waals surface area contributed by atoms with Gasteiger partial charge in [0, 0.05) is 44.5 Å². The highest BCUT2D eigenvalue weighted by Gasteiger charge is 2.19. The van der Waals surface area contributed by atoms with Gasteiger partial charge < -0.3 is 9.40 Å². The van der Waals surface area contributed by atoms with Crippen LogP contribution in [0.5, 0.6) is 0 Å². The van der Waals surface area contributed by atoms with Crippen LogP contribution in [0.1, 0.15) is 0 Å². The van der Waals surface area contributed by atoms with E-state index in [-0.39, 0.29) is 0 Å². The maximum Gasteiger partial charge on any atom is 0.153 e. The van der Waals surface area contributed by atoms with Crippen LogP contribution in [0.3, 0.4) is 0 Å². The third-order valence-electron chi connectivity index (χ3n) is 8.26. The number of nitrogens with zero attached hydrogens (tertiary/aromatic N) is 3. The zero-order chi connectivity index (χ0) is 28.3. The predicted octanol–water partition coefficient (Wildman–Crippen LogP) is 10.3. The molecule has 0 saturated carbocycles. The van der Waals surface area contributed by atoms with Gasteiger partial charge in [-0.2, -0.15) is 0 Å². The van der Waals surface area contributed by atoms with E-state index in [1.165, 1.54) is 16.2 Å². The van der Waals surface area contributed by atoms with E-state index in [0.717, 1.165) is 66.9 Å². The summed E-state index contributed by atoms with van der Waals surface area (Å²) in [5, 5.41) is 5.68. The fourth-order valence-corrected chi connectivity index (χ4v) is 6.29. The maximum atomic E-state index is 6.29. The molecule has 5 heteroatoms. The molecule has 43 heavy (non-hydrogen) atoms. The number of aromatic nitrogens is 3. The highest BCUT2D eigenvalue weighted by Crippen LogP contribution is 2.41. The average molecular weight is 553 g/mol. The molecule has 5 nitrogen and oxygen atoms in total. The number of aromatic amines is 1. The number of fused-ring (bicyclic) bond motifs is 7. The van der Waals surface area contributed by atoms with Crippen LogP contribution < -0.4 is 4.90 Å². The second-order valence-corrected chi connectivity index (χ2v) is 10.7. The van der Waals surface area contributed by atoms with Crippen molar-refractivity contribution in [2.75, 3.05) is 4.90 Å². The average Bonchev–Trinajstić information content (AvgIpc) is 3.63. The molecule has 1 N–H and O–H groups in total. The molecule has 0 radical (unpaired) electrons. The monoisotopic (exact) mass is 552 g/mol. The van der Waals surface area contributed by atoms with Crippen molar-refractivity contribution in [1.82, 2.24) is 15.0 Å². The molecule has 9 rings (SSSR count). The fraction of sp³-hybridized carbons (Fsp3) is 0. The molecule has 9 aromatic rings. The molecule has 0 fully saturated rings. The van der Waals surface area contributed by atoms with Gasteiger partial charge in [0.2, 0.25) is 0 Å². The molecular weight excluding hydrogens is 528 g/mol. The van der Waals surface area contributed by atoms with Crippen molar-refractivity contribution in [3.8, 4) is 11.3 Å². The minimum Gasteiger partial charge on any atom is -0.454 e. The van der Waals surface area contributed by atoms with Crippen molar-refractivity contribution in [2.45, 2.75) is 0 Å². The number of pyridine rings is 2. The normalized spacial score (nSPS) is 11.7. The van der Waals surface area contributed by atoms with Crippen LogP contribution in [0.2, 0.25) is 0 Å². The summed E-state index contributed by atoms with van der Waals surface area (Å²) in [5.41, 5.74) is 8.59. The second kappa shape index (κ2) is 9.29. The Morgan fingerprint density at radius 3 is 2.33 bits per heavy atom. The molecular formula is C38H24N4O. The highest BCUT2D eigenvalue weighted by molar-refractivity contribution is 6.12. The third kappa shape index (κ3) is 3.72. The molecule has 202 valence electrons. The van der Waals surface area contributed by atoms with Gasteiger partial charge >= 0.3 is 0 Å². The van der Waals surface area contributed by atoms with Gasteiger partial charge in [-0.1, -0.05) is 78.9 Å². The molecule has 0 amide bonds. The van der Waals surface area contributed by atoms with E-state index in [1.54, 1.807) is 0 Å². The van der Waals surface area contributed by atoms with Crippen LogP contribution in [0.25, 0.3) is 65.9 Å². The molecule has 0 saturated heterocycles. The van der Waals surface area contributed by atoms with E-state index in [1.807, 2.05) is 42.6 Å². The van der Waals surface area contributed by atoms with Gasteiger partial charge in [0.15, 0.2) is 5.58 Å². The zero-order valence-corrected chi connectivity index (χ0v) is 23.0. The van der Waals surface area contributed by atoms with Crippen LogP contribution in [0.15, 0.2) is 144 Å². The van der Waals surface area contributed by atoms with Gasteiger partial charge in [-0.25, -0.2) is 9.97 Å². The lowest BCUT2D eigenvalue weighted by Crippen LogP contribution is -2.11. The summed E-state index contributed by atoms with van der Waals surface area (Å²) in [4.78, 5) is 15.8. The topological polar surface area (TPSA) is 58.0 Å². The first-order chi connectivity index (χ1) is 21.3. The van der Waals surface area contributed by atoms with E-state index in [4.69, 9.17) is 14.4 Å². The van der Waals surface area contributed by atoms with E-state index in [0.29, 0.717) is 0 Å². The smallest absolute Gasteiger partial charge is 0.153 e. The molecule has 0 unspecified atom stereocenters. The van der Waals surface area contributed by atoms with Crippen molar-refractivity contribution in [3.05, 3.63) is 140 Å². The number of H-pyrrole nitrogens is 1. The van der Waals surface area contributed by atoms with Crippen molar-refractivity contribution in [2.24, 2.45) is 0 Å². The largest absolute Gasteiger partial charge is 0.454 e. The highest BCUT2D eigenvalue weighted by atomic mass is 16.3. The standard InChI is InChI=1S/C38H24N4O/c1-2-11-26-24(9-1)10-7-16-33(26)42(36-17-5-6-22-39-36)25-18-20-34-30(23-25)38-35(43-34)21-19-32(41-38)29-14-8-13-28-27-12-3-4-15-31(27)40-37(28)29/h1-23,40H. The van der Waals surface area contributed by atoms with E-state index >= 15 is 0 Å². The first kappa shape index (κ1) is 23.7. The number of nitrogens with one attached hydrogen (secondary N) is 1. The van der Waals surface area contributed by atoms with Gasteiger partial charge in [-0.05, 0) is 60.0 Å². The summed E-state index contributed by atoms with van der Waals surface area (Å²) >= 11 is 0. The molecule has 4 heterocycles. The number of para-hydroxylation sites is 2. The van der Waals surface area contributed by atoms with Crippen molar-refractivity contribution in [1.29, 1.82) is 0 Å². The number of furan rings is 1. The Hall–Kier alpha value is -5.94. The summed E-state index contributed by atoms with van der Waals surface area (Å²) in [6.45, 7) is 0. The molecule has 5 aromatic carbocycles. The molecule has 0 aliphatic rings. The van der Waals surface area contributed by atoms with E-state index < -0.39 is 0 Å². The molecule has 0 spiro atoms. The minimum absolute atomic E-state index is 0.759. The molecule has 0 bridgehead atoms. The Bertz CT molecular complexity index is 2470. The molecule has 0 aliphatic heterocycles. The number of hydrogen-bond acceptors (Lipinski definition) is 4. The molecule has 4 aromatic heterocycles. The second-order valence-electron chi connectivity index (χ2n) is 10.7. The lowest BCUT2D eigenvalue weighted by atomic mass is 10.1. The summed E-state index contributed by atoms with van der Waals surface area (Å²) in [6.07, 6.45) is 1.83. The Balaban J connectivity index is 1.25. The van der Waals surface area contributed by atoms with Crippen LogP contribution in [-0.2, 0) is 0 Å². The Labute approximate surface area is 246 Å². The van der Waals surface area contributed by atoms with Gasteiger partial charge in [-0.15, -0.1) is 0 Å². The Kier molecular flexibility index (Phi) is 5.13.